The molecule has 0 aliphatic heterocycles. The van der Waals surface area contributed by atoms with Crippen molar-refractivity contribution in [1.29, 1.82) is 0 Å². The minimum Gasteiger partial charge on any atom is -0.411 e. The van der Waals surface area contributed by atoms with Gasteiger partial charge >= 0.3 is 5.97 Å². The van der Waals surface area contributed by atoms with E-state index in [-0.39, 0.29) is 0 Å². The van der Waals surface area contributed by atoms with Gasteiger partial charge in [0, 0.05) is 19.8 Å². The highest BCUT2D eigenvalue weighted by molar-refractivity contribution is 6.34. The van der Waals surface area contributed by atoms with E-state index in [4.69, 9.17) is 18.6 Å². The topological polar surface area (TPSA) is 36.9 Å². The molecule has 90 valence electrons. The van der Waals surface area contributed by atoms with Gasteiger partial charge in [-0.25, -0.2) is 0 Å². The average Bonchev–Trinajstić information content (AvgIpc) is 2.19. The van der Waals surface area contributed by atoms with Crippen molar-refractivity contribution in [1.82, 2.24) is 0 Å². The summed E-state index contributed by atoms with van der Waals surface area (Å²) in [4.78, 5) is 0. The summed E-state index contributed by atoms with van der Waals surface area (Å²) < 4.78 is 21.9. The monoisotopic (exact) mass is 234 g/mol. The van der Waals surface area contributed by atoms with Crippen molar-refractivity contribution in [2.75, 3.05) is 26.4 Å². The Hall–Kier alpha value is -0.203. The van der Waals surface area contributed by atoms with Crippen LogP contribution in [0.2, 0.25) is 0 Å². The molecule has 0 rings (SSSR count). The zero-order valence-corrected chi connectivity index (χ0v) is 11.4. The molecule has 0 aliphatic rings. The van der Waals surface area contributed by atoms with Gasteiger partial charge in [-0.05, 0) is 20.8 Å². The Kier molecular flexibility index (Phi) is 8.93. The highest BCUT2D eigenvalue weighted by Gasteiger charge is 2.32. The van der Waals surface area contributed by atoms with Gasteiger partial charge in [0.05, 0.1) is 0 Å². The van der Waals surface area contributed by atoms with Crippen molar-refractivity contribution in [2.24, 2.45) is 0 Å². The van der Waals surface area contributed by atoms with Crippen LogP contribution in [-0.2, 0) is 18.6 Å². The number of ether oxygens (including phenoxy) is 3. The molecule has 0 atom stereocenters. The smallest absolute Gasteiger partial charge is 0.306 e. The summed E-state index contributed by atoms with van der Waals surface area (Å²) in [5, 5.41) is 0. The lowest BCUT2D eigenvalue weighted by Gasteiger charge is -2.31. The molecule has 0 spiro atoms. The first-order valence-electron chi connectivity index (χ1n) is 5.35. The van der Waals surface area contributed by atoms with Crippen LogP contribution in [0.5, 0.6) is 0 Å². The minimum atomic E-state index is -1.03. The lowest BCUT2D eigenvalue weighted by Crippen LogP contribution is -2.44. The SMILES string of the molecule is C=C[SiH2]OCC(OCC)(OCC)OCC. The first-order valence-corrected chi connectivity index (χ1v) is 6.74. The molecular weight excluding hydrogens is 212 g/mol. The Balaban J connectivity index is 4.24. The minimum absolute atomic E-state index is 0.306. The summed E-state index contributed by atoms with van der Waals surface area (Å²) in [5.74, 6) is -1.03. The molecule has 0 heterocycles. The van der Waals surface area contributed by atoms with Crippen molar-refractivity contribution in [3.05, 3.63) is 12.3 Å². The van der Waals surface area contributed by atoms with Gasteiger partial charge in [0.2, 0.25) is 0 Å². The van der Waals surface area contributed by atoms with E-state index >= 15 is 0 Å². The summed E-state index contributed by atoms with van der Waals surface area (Å²) in [7, 11) is -0.685. The molecule has 0 amide bonds. The molecule has 0 unspecified atom stereocenters. The van der Waals surface area contributed by atoms with Gasteiger partial charge in [-0.1, -0.05) is 5.70 Å². The van der Waals surface area contributed by atoms with Crippen LogP contribution in [0.25, 0.3) is 0 Å². The van der Waals surface area contributed by atoms with E-state index in [1.165, 1.54) is 0 Å². The normalized spacial score (nSPS) is 12.5. The Bertz CT molecular complexity index is 146. The Morgan fingerprint density at radius 2 is 1.53 bits per heavy atom. The van der Waals surface area contributed by atoms with Gasteiger partial charge in [0.1, 0.15) is 6.61 Å². The van der Waals surface area contributed by atoms with Crippen LogP contribution in [0.15, 0.2) is 12.3 Å². The quantitative estimate of drug-likeness (QED) is 0.321. The molecule has 0 aliphatic carbocycles. The zero-order chi connectivity index (χ0) is 11.6. The molecule has 0 saturated heterocycles. The predicted molar refractivity (Wildman–Crippen MR) is 62.3 cm³/mol. The molecule has 0 fully saturated rings. The van der Waals surface area contributed by atoms with Crippen LogP contribution in [-0.4, -0.2) is 42.2 Å². The molecule has 0 N–H and O–H groups in total. The van der Waals surface area contributed by atoms with E-state index in [1.54, 1.807) is 0 Å². The largest absolute Gasteiger partial charge is 0.411 e. The first kappa shape index (κ1) is 14.8. The second-order valence-corrected chi connectivity index (χ2v) is 4.10. The van der Waals surface area contributed by atoms with Crippen molar-refractivity contribution >= 4 is 9.76 Å². The molecule has 15 heavy (non-hydrogen) atoms. The molecule has 0 bridgehead atoms. The maximum atomic E-state index is 5.48. The summed E-state index contributed by atoms with van der Waals surface area (Å²) >= 11 is 0. The predicted octanol–water partition coefficient (Wildman–Crippen LogP) is 0.994. The van der Waals surface area contributed by atoms with Gasteiger partial charge in [-0.3, -0.25) is 0 Å². The van der Waals surface area contributed by atoms with Crippen LogP contribution in [0.3, 0.4) is 0 Å². The zero-order valence-electron chi connectivity index (χ0n) is 9.95. The molecule has 0 saturated carbocycles. The van der Waals surface area contributed by atoms with Crippen LogP contribution >= 0.6 is 0 Å². The van der Waals surface area contributed by atoms with Gasteiger partial charge in [-0.15, -0.1) is 6.58 Å². The van der Waals surface area contributed by atoms with E-state index in [1.807, 2.05) is 26.5 Å². The molecule has 5 heteroatoms. The summed E-state index contributed by atoms with van der Waals surface area (Å²) in [6.07, 6.45) is 0. The number of rotatable bonds is 10. The lowest BCUT2D eigenvalue weighted by atomic mass is 10.5. The highest BCUT2D eigenvalue weighted by atomic mass is 28.2. The highest BCUT2D eigenvalue weighted by Crippen LogP contribution is 2.16. The molecular formula is C10H22O4Si. The van der Waals surface area contributed by atoms with Gasteiger partial charge in [-0.2, -0.15) is 0 Å². The fourth-order valence-electron chi connectivity index (χ4n) is 1.18. The van der Waals surface area contributed by atoms with Crippen LogP contribution in [0.1, 0.15) is 20.8 Å². The first-order chi connectivity index (χ1) is 7.24. The van der Waals surface area contributed by atoms with Crippen molar-refractivity contribution in [2.45, 2.75) is 26.7 Å². The van der Waals surface area contributed by atoms with Crippen molar-refractivity contribution in [3.63, 3.8) is 0 Å². The molecule has 0 aromatic carbocycles. The standard InChI is InChI=1S/C10H22O4Si/c1-5-11-10(12-6-2,13-7-3)9-14-15-8-4/h8H,4-7,9,15H2,1-3H3. The van der Waals surface area contributed by atoms with Crippen molar-refractivity contribution < 1.29 is 18.6 Å². The second kappa shape index (κ2) is 9.05. The summed E-state index contributed by atoms with van der Waals surface area (Å²) in [5.41, 5.74) is 1.81. The summed E-state index contributed by atoms with van der Waals surface area (Å²) in [6.45, 7) is 11.2. The van der Waals surface area contributed by atoms with Crippen LogP contribution in [0.4, 0.5) is 0 Å². The van der Waals surface area contributed by atoms with E-state index in [9.17, 15) is 0 Å². The maximum absolute atomic E-state index is 5.48. The van der Waals surface area contributed by atoms with Gasteiger partial charge in [0.15, 0.2) is 9.76 Å². The molecule has 0 radical (unpaired) electrons. The fraction of sp³-hybridized carbons (Fsp3) is 0.800. The Morgan fingerprint density at radius 3 is 1.87 bits per heavy atom. The number of hydrogen-bond donors (Lipinski definition) is 0. The maximum Gasteiger partial charge on any atom is 0.306 e. The Labute approximate surface area is 94.5 Å². The molecule has 0 aromatic heterocycles. The third-order valence-electron chi connectivity index (χ3n) is 1.61. The second-order valence-electron chi connectivity index (χ2n) is 2.79. The van der Waals surface area contributed by atoms with E-state index in [0.29, 0.717) is 26.4 Å². The van der Waals surface area contributed by atoms with E-state index in [0.717, 1.165) is 0 Å². The third-order valence-corrected chi connectivity index (χ3v) is 2.28. The third kappa shape index (κ3) is 6.06. The van der Waals surface area contributed by atoms with Crippen molar-refractivity contribution in [3.8, 4) is 0 Å². The van der Waals surface area contributed by atoms with Crippen LogP contribution in [0, 0.1) is 0 Å². The fourth-order valence-corrected chi connectivity index (χ4v) is 1.71. The number of hydrogen-bond acceptors (Lipinski definition) is 4. The summed E-state index contributed by atoms with van der Waals surface area (Å²) in [6, 6.07) is 0. The van der Waals surface area contributed by atoms with E-state index < -0.39 is 15.7 Å². The Morgan fingerprint density at radius 1 is 1.07 bits per heavy atom. The van der Waals surface area contributed by atoms with Gasteiger partial charge in [0.25, 0.3) is 0 Å². The molecule has 0 aromatic rings. The molecule has 4 nitrogen and oxygen atoms in total. The van der Waals surface area contributed by atoms with E-state index in [2.05, 4.69) is 6.58 Å². The van der Waals surface area contributed by atoms with Gasteiger partial charge < -0.3 is 18.6 Å². The lowest BCUT2D eigenvalue weighted by molar-refractivity contribution is -0.385. The average molecular weight is 234 g/mol. The van der Waals surface area contributed by atoms with Crippen LogP contribution < -0.4 is 0 Å².